The van der Waals surface area contributed by atoms with Crippen molar-refractivity contribution in [3.8, 4) is 0 Å². The maximum atomic E-state index is 4.51. The third kappa shape index (κ3) is 4.23. The van der Waals surface area contributed by atoms with Crippen molar-refractivity contribution in [2.75, 3.05) is 30.4 Å². The summed E-state index contributed by atoms with van der Waals surface area (Å²) >= 11 is 0. The Balaban J connectivity index is 1.83. The van der Waals surface area contributed by atoms with Crippen LogP contribution < -0.4 is 10.2 Å². The molecular formula is C15H24N4. The predicted octanol–water partition coefficient (Wildman–Crippen LogP) is 3.24. The summed E-state index contributed by atoms with van der Waals surface area (Å²) in [5.74, 6) is 1.70. The number of hydrogen-bond donors (Lipinski definition) is 1. The molecule has 0 radical (unpaired) electrons. The Morgan fingerprint density at radius 3 is 3.00 bits per heavy atom. The molecule has 0 aliphatic heterocycles. The van der Waals surface area contributed by atoms with Gasteiger partial charge in [-0.3, -0.25) is 0 Å². The number of aromatic nitrogens is 2. The van der Waals surface area contributed by atoms with Gasteiger partial charge in [-0.2, -0.15) is 4.98 Å². The summed E-state index contributed by atoms with van der Waals surface area (Å²) in [4.78, 5) is 10.9. The van der Waals surface area contributed by atoms with E-state index in [1.165, 1.54) is 25.7 Å². The van der Waals surface area contributed by atoms with Gasteiger partial charge in [0.1, 0.15) is 5.82 Å². The molecule has 0 saturated heterocycles. The highest BCUT2D eigenvalue weighted by molar-refractivity contribution is 5.41. The van der Waals surface area contributed by atoms with Crippen LogP contribution in [-0.4, -0.2) is 30.1 Å². The molecule has 0 unspecified atom stereocenters. The molecular weight excluding hydrogens is 236 g/mol. The van der Waals surface area contributed by atoms with Crippen LogP contribution in [-0.2, 0) is 0 Å². The van der Waals surface area contributed by atoms with Crippen molar-refractivity contribution in [2.45, 2.75) is 39.0 Å². The van der Waals surface area contributed by atoms with Crippen LogP contribution in [0.15, 0.2) is 23.9 Å². The summed E-state index contributed by atoms with van der Waals surface area (Å²) in [6.07, 6.45) is 10.5. The minimum atomic E-state index is 0.731. The lowest BCUT2D eigenvalue weighted by atomic mass is 9.97. The predicted molar refractivity (Wildman–Crippen MR) is 80.6 cm³/mol. The van der Waals surface area contributed by atoms with E-state index in [2.05, 4.69) is 33.2 Å². The zero-order valence-electron chi connectivity index (χ0n) is 12.0. The molecule has 0 spiro atoms. The number of rotatable bonds is 6. The normalized spacial score (nSPS) is 14.9. The molecule has 1 aliphatic carbocycles. The number of anilines is 2. The van der Waals surface area contributed by atoms with Crippen LogP contribution in [0, 0.1) is 0 Å². The minimum Gasteiger partial charge on any atom is -0.360 e. The van der Waals surface area contributed by atoms with Gasteiger partial charge in [-0.25, -0.2) is 4.98 Å². The van der Waals surface area contributed by atoms with Crippen LogP contribution >= 0.6 is 0 Å². The van der Waals surface area contributed by atoms with Gasteiger partial charge < -0.3 is 10.2 Å². The van der Waals surface area contributed by atoms with Crippen LogP contribution in [0.2, 0.25) is 0 Å². The van der Waals surface area contributed by atoms with Gasteiger partial charge in [0.25, 0.3) is 0 Å². The Morgan fingerprint density at radius 2 is 2.26 bits per heavy atom. The topological polar surface area (TPSA) is 41.1 Å². The highest BCUT2D eigenvalue weighted by atomic mass is 15.2. The Kier molecular flexibility index (Phi) is 5.19. The zero-order valence-corrected chi connectivity index (χ0v) is 12.0. The van der Waals surface area contributed by atoms with E-state index in [1.54, 1.807) is 5.57 Å². The SMILES string of the molecule is CCN(C)c1ccnc(NCCC2=CCCCC2)n1. The standard InChI is InChI=1S/C15H24N4/c1-3-19(2)14-10-12-17-15(18-14)16-11-9-13-7-5-4-6-8-13/h7,10,12H,3-6,8-9,11H2,1-2H3,(H,16,17,18). The van der Waals surface area contributed by atoms with E-state index in [9.17, 15) is 0 Å². The van der Waals surface area contributed by atoms with Gasteiger partial charge in [-0.05, 0) is 45.1 Å². The summed E-state index contributed by atoms with van der Waals surface area (Å²) in [6.45, 7) is 3.99. The van der Waals surface area contributed by atoms with Gasteiger partial charge >= 0.3 is 0 Å². The molecule has 2 rings (SSSR count). The molecule has 4 nitrogen and oxygen atoms in total. The number of nitrogens with one attached hydrogen (secondary N) is 1. The van der Waals surface area contributed by atoms with Crippen molar-refractivity contribution >= 4 is 11.8 Å². The second-order valence-corrected chi connectivity index (χ2v) is 5.04. The lowest BCUT2D eigenvalue weighted by Crippen LogP contribution is -2.18. The second kappa shape index (κ2) is 7.12. The molecule has 0 amide bonds. The largest absolute Gasteiger partial charge is 0.360 e. The Bertz CT molecular complexity index is 428. The fraction of sp³-hybridized carbons (Fsp3) is 0.600. The molecule has 1 aliphatic rings. The molecule has 1 N–H and O–H groups in total. The maximum absolute atomic E-state index is 4.51. The van der Waals surface area contributed by atoms with Crippen LogP contribution in [0.25, 0.3) is 0 Å². The van der Waals surface area contributed by atoms with Gasteiger partial charge in [0.05, 0.1) is 0 Å². The van der Waals surface area contributed by atoms with Gasteiger partial charge in [0.2, 0.25) is 5.95 Å². The average molecular weight is 260 g/mol. The van der Waals surface area contributed by atoms with E-state index in [-0.39, 0.29) is 0 Å². The average Bonchev–Trinajstić information content (AvgIpc) is 2.48. The molecule has 4 heteroatoms. The van der Waals surface area contributed by atoms with Crippen molar-refractivity contribution in [1.82, 2.24) is 9.97 Å². The third-order valence-corrected chi connectivity index (χ3v) is 3.62. The van der Waals surface area contributed by atoms with Crippen LogP contribution in [0.4, 0.5) is 11.8 Å². The van der Waals surface area contributed by atoms with E-state index in [0.717, 1.165) is 31.3 Å². The first-order valence-electron chi connectivity index (χ1n) is 7.25. The smallest absolute Gasteiger partial charge is 0.224 e. The zero-order chi connectivity index (χ0) is 13.5. The monoisotopic (exact) mass is 260 g/mol. The van der Waals surface area contributed by atoms with Crippen LogP contribution in [0.5, 0.6) is 0 Å². The van der Waals surface area contributed by atoms with Crippen LogP contribution in [0.1, 0.15) is 39.0 Å². The lowest BCUT2D eigenvalue weighted by molar-refractivity contribution is 0.679. The van der Waals surface area contributed by atoms with Gasteiger partial charge in [0, 0.05) is 26.3 Å². The van der Waals surface area contributed by atoms with Gasteiger partial charge in [-0.15, -0.1) is 0 Å². The van der Waals surface area contributed by atoms with Crippen molar-refractivity contribution in [3.05, 3.63) is 23.9 Å². The Labute approximate surface area is 115 Å². The van der Waals surface area contributed by atoms with Gasteiger partial charge in [0.15, 0.2) is 0 Å². The quantitative estimate of drug-likeness (QED) is 0.797. The van der Waals surface area contributed by atoms with E-state index in [4.69, 9.17) is 0 Å². The fourth-order valence-electron chi connectivity index (χ4n) is 2.28. The fourth-order valence-corrected chi connectivity index (χ4v) is 2.28. The van der Waals surface area contributed by atoms with E-state index < -0.39 is 0 Å². The van der Waals surface area contributed by atoms with E-state index >= 15 is 0 Å². The first-order valence-corrected chi connectivity index (χ1v) is 7.25. The number of nitrogens with zero attached hydrogens (tertiary/aromatic N) is 3. The van der Waals surface area contributed by atoms with Crippen molar-refractivity contribution < 1.29 is 0 Å². The summed E-state index contributed by atoms with van der Waals surface area (Å²) in [5, 5.41) is 3.32. The van der Waals surface area contributed by atoms with Crippen molar-refractivity contribution in [3.63, 3.8) is 0 Å². The van der Waals surface area contributed by atoms with Gasteiger partial charge in [-0.1, -0.05) is 11.6 Å². The molecule has 0 bridgehead atoms. The molecule has 104 valence electrons. The van der Waals surface area contributed by atoms with Crippen molar-refractivity contribution in [2.24, 2.45) is 0 Å². The molecule has 0 fully saturated rings. The lowest BCUT2D eigenvalue weighted by Gasteiger charge is -2.16. The highest BCUT2D eigenvalue weighted by Crippen LogP contribution is 2.20. The molecule has 0 saturated carbocycles. The summed E-state index contributed by atoms with van der Waals surface area (Å²) in [5.41, 5.74) is 1.58. The summed E-state index contributed by atoms with van der Waals surface area (Å²) < 4.78 is 0. The summed E-state index contributed by atoms with van der Waals surface area (Å²) in [7, 11) is 2.04. The first kappa shape index (κ1) is 13.8. The molecule has 0 aromatic carbocycles. The van der Waals surface area contributed by atoms with Crippen LogP contribution in [0.3, 0.4) is 0 Å². The van der Waals surface area contributed by atoms with Crippen molar-refractivity contribution in [1.29, 1.82) is 0 Å². The molecule has 0 atom stereocenters. The highest BCUT2D eigenvalue weighted by Gasteiger charge is 2.05. The van der Waals surface area contributed by atoms with E-state index in [0.29, 0.717) is 0 Å². The molecule has 1 heterocycles. The molecule has 1 aromatic rings. The third-order valence-electron chi connectivity index (χ3n) is 3.62. The van der Waals surface area contributed by atoms with E-state index in [1.807, 2.05) is 19.3 Å². The summed E-state index contributed by atoms with van der Waals surface area (Å²) in [6, 6.07) is 1.94. The maximum Gasteiger partial charge on any atom is 0.224 e. The number of hydrogen-bond acceptors (Lipinski definition) is 4. The Hall–Kier alpha value is -1.58. The molecule has 1 aromatic heterocycles. The number of allylic oxidation sites excluding steroid dienone is 1. The Morgan fingerprint density at radius 1 is 1.37 bits per heavy atom. The minimum absolute atomic E-state index is 0.731. The molecule has 19 heavy (non-hydrogen) atoms. The second-order valence-electron chi connectivity index (χ2n) is 5.04. The first-order chi connectivity index (χ1) is 9.29.